The van der Waals surface area contributed by atoms with Gasteiger partial charge in [-0.1, -0.05) is 6.07 Å². The predicted octanol–water partition coefficient (Wildman–Crippen LogP) is 2.99. The fourth-order valence-electron chi connectivity index (χ4n) is 3.32. The standard InChI is InChI=1S/C18H21N3O3/c1-22-17-7-8-19-18(20-17)21-9-2-4-14(21)13-5-6-15-16(12-13)24-11-3-10-23-15/h5-8,12,14H,2-4,9-11H2,1H3/t14-/m1/s1. The first-order valence-electron chi connectivity index (χ1n) is 8.38. The second-order valence-corrected chi connectivity index (χ2v) is 6.01. The van der Waals surface area contributed by atoms with Crippen molar-refractivity contribution in [2.75, 3.05) is 31.8 Å². The van der Waals surface area contributed by atoms with Crippen molar-refractivity contribution in [3.8, 4) is 17.4 Å². The molecule has 0 amide bonds. The number of methoxy groups -OCH3 is 1. The lowest BCUT2D eigenvalue weighted by molar-refractivity contribution is 0.297. The Morgan fingerprint density at radius 2 is 2.00 bits per heavy atom. The molecule has 2 aliphatic rings. The van der Waals surface area contributed by atoms with Gasteiger partial charge < -0.3 is 19.1 Å². The van der Waals surface area contributed by atoms with Crippen LogP contribution in [-0.4, -0.2) is 36.8 Å². The number of nitrogens with zero attached hydrogens (tertiary/aromatic N) is 3. The van der Waals surface area contributed by atoms with Crippen molar-refractivity contribution in [3.63, 3.8) is 0 Å². The maximum absolute atomic E-state index is 5.83. The molecule has 1 atom stereocenters. The molecule has 4 rings (SSSR count). The summed E-state index contributed by atoms with van der Waals surface area (Å²) < 4.78 is 16.8. The van der Waals surface area contributed by atoms with Crippen molar-refractivity contribution in [1.82, 2.24) is 9.97 Å². The van der Waals surface area contributed by atoms with Crippen molar-refractivity contribution in [2.24, 2.45) is 0 Å². The summed E-state index contributed by atoms with van der Waals surface area (Å²) in [7, 11) is 1.62. The zero-order chi connectivity index (χ0) is 16.4. The summed E-state index contributed by atoms with van der Waals surface area (Å²) in [5.41, 5.74) is 1.21. The summed E-state index contributed by atoms with van der Waals surface area (Å²) in [5, 5.41) is 0. The Bertz CT molecular complexity index is 722. The summed E-state index contributed by atoms with van der Waals surface area (Å²) in [5.74, 6) is 2.97. The Balaban J connectivity index is 1.64. The van der Waals surface area contributed by atoms with E-state index in [1.807, 2.05) is 6.07 Å². The largest absolute Gasteiger partial charge is 0.490 e. The van der Waals surface area contributed by atoms with Crippen LogP contribution in [0.25, 0.3) is 0 Å². The minimum Gasteiger partial charge on any atom is -0.490 e. The minimum absolute atomic E-state index is 0.245. The first-order valence-corrected chi connectivity index (χ1v) is 8.38. The number of aromatic nitrogens is 2. The van der Waals surface area contributed by atoms with Gasteiger partial charge in [-0.25, -0.2) is 4.98 Å². The van der Waals surface area contributed by atoms with Crippen LogP contribution in [-0.2, 0) is 0 Å². The highest BCUT2D eigenvalue weighted by Gasteiger charge is 2.29. The number of rotatable bonds is 3. The molecule has 1 saturated heterocycles. The molecular weight excluding hydrogens is 306 g/mol. The Hall–Kier alpha value is -2.50. The lowest BCUT2D eigenvalue weighted by Crippen LogP contribution is -2.24. The normalized spacial score (nSPS) is 19.9. The monoisotopic (exact) mass is 327 g/mol. The van der Waals surface area contributed by atoms with Crippen LogP contribution >= 0.6 is 0 Å². The van der Waals surface area contributed by atoms with E-state index in [-0.39, 0.29) is 6.04 Å². The molecule has 1 fully saturated rings. The second kappa shape index (κ2) is 6.55. The third-order valence-electron chi connectivity index (χ3n) is 4.49. The summed E-state index contributed by atoms with van der Waals surface area (Å²) in [6, 6.07) is 8.25. The fourth-order valence-corrected chi connectivity index (χ4v) is 3.32. The topological polar surface area (TPSA) is 56.7 Å². The highest BCUT2D eigenvalue weighted by Crippen LogP contribution is 2.39. The Kier molecular flexibility index (Phi) is 4.11. The molecule has 2 aromatic rings. The van der Waals surface area contributed by atoms with Gasteiger partial charge in [0.2, 0.25) is 11.8 Å². The van der Waals surface area contributed by atoms with E-state index in [0.29, 0.717) is 25.0 Å². The van der Waals surface area contributed by atoms with E-state index in [0.717, 1.165) is 37.3 Å². The maximum atomic E-state index is 5.83. The van der Waals surface area contributed by atoms with Gasteiger partial charge in [0, 0.05) is 25.2 Å². The Morgan fingerprint density at radius 3 is 2.88 bits per heavy atom. The van der Waals surface area contributed by atoms with Crippen LogP contribution < -0.4 is 19.1 Å². The van der Waals surface area contributed by atoms with Crippen molar-refractivity contribution < 1.29 is 14.2 Å². The van der Waals surface area contributed by atoms with Gasteiger partial charge in [0.25, 0.3) is 0 Å². The summed E-state index contributed by atoms with van der Waals surface area (Å²) in [6.07, 6.45) is 4.83. The van der Waals surface area contributed by atoms with Gasteiger partial charge in [-0.05, 0) is 30.5 Å². The molecule has 6 nitrogen and oxygen atoms in total. The van der Waals surface area contributed by atoms with Crippen molar-refractivity contribution >= 4 is 5.95 Å². The van der Waals surface area contributed by atoms with Crippen molar-refractivity contribution in [3.05, 3.63) is 36.0 Å². The number of ether oxygens (including phenoxy) is 3. The van der Waals surface area contributed by atoms with Crippen molar-refractivity contribution in [1.29, 1.82) is 0 Å². The van der Waals surface area contributed by atoms with Crippen LogP contribution in [0, 0.1) is 0 Å². The quantitative estimate of drug-likeness (QED) is 0.864. The molecule has 1 aromatic heterocycles. The van der Waals surface area contributed by atoms with Gasteiger partial charge in [-0.15, -0.1) is 0 Å². The summed E-state index contributed by atoms with van der Waals surface area (Å²) in [6.45, 7) is 2.34. The number of hydrogen-bond donors (Lipinski definition) is 0. The molecule has 0 spiro atoms. The molecule has 0 aliphatic carbocycles. The molecule has 1 aromatic carbocycles. The number of fused-ring (bicyclic) bond motifs is 1. The molecule has 6 heteroatoms. The van der Waals surface area contributed by atoms with E-state index in [2.05, 4.69) is 27.0 Å². The number of hydrogen-bond acceptors (Lipinski definition) is 6. The number of anilines is 1. The van der Waals surface area contributed by atoms with Gasteiger partial charge >= 0.3 is 0 Å². The maximum Gasteiger partial charge on any atom is 0.229 e. The molecule has 0 radical (unpaired) electrons. The van der Waals surface area contributed by atoms with Gasteiger partial charge in [-0.2, -0.15) is 4.98 Å². The van der Waals surface area contributed by atoms with E-state index in [1.54, 1.807) is 19.4 Å². The van der Waals surface area contributed by atoms with Gasteiger partial charge in [0.15, 0.2) is 11.5 Å². The lowest BCUT2D eigenvalue weighted by atomic mass is 10.0. The third-order valence-corrected chi connectivity index (χ3v) is 4.49. The SMILES string of the molecule is COc1ccnc(N2CCC[C@@H]2c2ccc3c(c2)OCCCO3)n1. The van der Waals surface area contributed by atoms with Crippen LogP contribution in [0.2, 0.25) is 0 Å². The molecule has 0 saturated carbocycles. The third kappa shape index (κ3) is 2.84. The van der Waals surface area contributed by atoms with Crippen LogP contribution in [0.5, 0.6) is 17.4 Å². The van der Waals surface area contributed by atoms with Gasteiger partial charge in [-0.3, -0.25) is 0 Å². The molecule has 2 aliphatic heterocycles. The molecule has 0 N–H and O–H groups in total. The van der Waals surface area contributed by atoms with Crippen LogP contribution in [0.3, 0.4) is 0 Å². The minimum atomic E-state index is 0.245. The van der Waals surface area contributed by atoms with E-state index in [9.17, 15) is 0 Å². The lowest BCUT2D eigenvalue weighted by Gasteiger charge is -2.25. The highest BCUT2D eigenvalue weighted by molar-refractivity contribution is 5.47. The molecule has 0 bridgehead atoms. The van der Waals surface area contributed by atoms with E-state index in [1.165, 1.54) is 5.56 Å². The second-order valence-electron chi connectivity index (χ2n) is 6.01. The highest BCUT2D eigenvalue weighted by atomic mass is 16.5. The summed E-state index contributed by atoms with van der Waals surface area (Å²) in [4.78, 5) is 11.2. The van der Waals surface area contributed by atoms with Gasteiger partial charge in [0.1, 0.15) is 0 Å². The molecule has 126 valence electrons. The van der Waals surface area contributed by atoms with E-state index in [4.69, 9.17) is 14.2 Å². The van der Waals surface area contributed by atoms with E-state index < -0.39 is 0 Å². The summed E-state index contributed by atoms with van der Waals surface area (Å²) >= 11 is 0. The first-order chi connectivity index (χ1) is 11.8. The van der Waals surface area contributed by atoms with Crippen LogP contribution in [0.4, 0.5) is 5.95 Å². The fraction of sp³-hybridized carbons (Fsp3) is 0.444. The molecule has 0 unspecified atom stereocenters. The van der Waals surface area contributed by atoms with E-state index >= 15 is 0 Å². The smallest absolute Gasteiger partial charge is 0.229 e. The zero-order valence-corrected chi connectivity index (χ0v) is 13.8. The van der Waals surface area contributed by atoms with Gasteiger partial charge in [0.05, 0.1) is 26.4 Å². The van der Waals surface area contributed by atoms with Crippen LogP contribution in [0.1, 0.15) is 30.9 Å². The molecule has 24 heavy (non-hydrogen) atoms. The molecular formula is C18H21N3O3. The number of benzene rings is 1. The van der Waals surface area contributed by atoms with Crippen molar-refractivity contribution in [2.45, 2.75) is 25.3 Å². The van der Waals surface area contributed by atoms with Crippen LogP contribution in [0.15, 0.2) is 30.5 Å². The Morgan fingerprint density at radius 1 is 1.12 bits per heavy atom. The predicted molar refractivity (Wildman–Crippen MR) is 90.0 cm³/mol. The molecule has 3 heterocycles. The zero-order valence-electron chi connectivity index (χ0n) is 13.8. The average molecular weight is 327 g/mol. The Labute approximate surface area is 141 Å². The first kappa shape index (κ1) is 15.1. The average Bonchev–Trinajstić information content (AvgIpc) is 3.00.